The molecule has 3 heterocycles. The van der Waals surface area contributed by atoms with Gasteiger partial charge in [0.1, 0.15) is 5.01 Å². The van der Waals surface area contributed by atoms with Gasteiger partial charge in [-0.25, -0.2) is 4.98 Å². The second kappa shape index (κ2) is 7.06. The van der Waals surface area contributed by atoms with E-state index in [0.717, 1.165) is 34.6 Å². The first kappa shape index (κ1) is 16.9. The number of hydrogen-bond donors (Lipinski definition) is 2. The fraction of sp³-hybridized carbons (Fsp3) is 0.364. The zero-order valence-corrected chi connectivity index (χ0v) is 16.0. The number of carbonyl (C=O) groups is 1. The summed E-state index contributed by atoms with van der Waals surface area (Å²) >= 11 is 1.67. The highest BCUT2D eigenvalue weighted by molar-refractivity contribution is 7.21. The average Bonchev–Trinajstić information content (AvgIpc) is 3.25. The first-order valence-electron chi connectivity index (χ1n) is 9.75. The van der Waals surface area contributed by atoms with E-state index in [4.69, 9.17) is 4.98 Å². The summed E-state index contributed by atoms with van der Waals surface area (Å²) in [5.41, 5.74) is 2.86. The van der Waals surface area contributed by atoms with E-state index < -0.39 is 0 Å². The van der Waals surface area contributed by atoms with Crippen LogP contribution < -0.4 is 10.6 Å². The number of rotatable bonds is 4. The third kappa shape index (κ3) is 3.49. The molecule has 1 aromatic heterocycles. The van der Waals surface area contributed by atoms with Gasteiger partial charge in [-0.05, 0) is 55.9 Å². The first-order valence-corrected chi connectivity index (χ1v) is 10.6. The number of amides is 1. The molecular weight excluding hydrogens is 354 g/mol. The number of para-hydroxylation sites is 2. The highest BCUT2D eigenvalue weighted by atomic mass is 32.1. The van der Waals surface area contributed by atoms with Crippen molar-refractivity contribution < 1.29 is 4.79 Å². The molecule has 0 aliphatic carbocycles. The van der Waals surface area contributed by atoms with Crippen LogP contribution in [0.1, 0.15) is 32.1 Å². The maximum atomic E-state index is 12.7. The fourth-order valence-corrected chi connectivity index (χ4v) is 5.58. The summed E-state index contributed by atoms with van der Waals surface area (Å²) in [6, 6.07) is 17.4. The normalized spacial score (nSPS) is 24.2. The van der Waals surface area contributed by atoms with Gasteiger partial charge in [0.05, 0.1) is 15.9 Å². The van der Waals surface area contributed by atoms with Crippen molar-refractivity contribution in [2.45, 2.75) is 44.2 Å². The SMILES string of the molecule is O=C(CC1CC2CCC(C1)N2)Nc1ccccc1-c1nc2ccccc2s1. The fourth-order valence-electron chi connectivity index (χ4n) is 4.57. The molecule has 0 radical (unpaired) electrons. The lowest BCUT2D eigenvalue weighted by Gasteiger charge is -2.28. The van der Waals surface area contributed by atoms with Gasteiger partial charge >= 0.3 is 0 Å². The third-order valence-corrected chi connectivity index (χ3v) is 6.84. The largest absolute Gasteiger partial charge is 0.325 e. The van der Waals surface area contributed by atoms with Crippen LogP contribution in [0, 0.1) is 5.92 Å². The first-order chi connectivity index (χ1) is 13.2. The van der Waals surface area contributed by atoms with E-state index in [1.54, 1.807) is 11.3 Å². The number of carbonyl (C=O) groups excluding carboxylic acids is 1. The second-order valence-electron chi connectivity index (χ2n) is 7.76. The number of nitrogens with one attached hydrogen (secondary N) is 2. The van der Waals surface area contributed by atoms with Crippen molar-refractivity contribution >= 4 is 33.1 Å². The summed E-state index contributed by atoms with van der Waals surface area (Å²) in [6.45, 7) is 0. The molecule has 0 saturated carbocycles. The van der Waals surface area contributed by atoms with E-state index in [2.05, 4.69) is 16.7 Å². The van der Waals surface area contributed by atoms with Crippen molar-refractivity contribution in [2.24, 2.45) is 5.92 Å². The number of nitrogens with zero attached hydrogens (tertiary/aromatic N) is 1. The summed E-state index contributed by atoms with van der Waals surface area (Å²) in [5.74, 6) is 0.619. The average molecular weight is 378 g/mol. The van der Waals surface area contributed by atoms with Gasteiger partial charge in [-0.3, -0.25) is 4.79 Å². The smallest absolute Gasteiger partial charge is 0.224 e. The van der Waals surface area contributed by atoms with Crippen molar-refractivity contribution in [1.29, 1.82) is 0 Å². The van der Waals surface area contributed by atoms with Gasteiger partial charge in [0, 0.05) is 24.1 Å². The molecule has 0 spiro atoms. The predicted molar refractivity (Wildman–Crippen MR) is 111 cm³/mol. The number of aromatic nitrogens is 1. The molecule has 1 amide bonds. The van der Waals surface area contributed by atoms with Gasteiger partial charge in [0.15, 0.2) is 0 Å². The Morgan fingerprint density at radius 1 is 1.07 bits per heavy atom. The molecule has 2 N–H and O–H groups in total. The van der Waals surface area contributed by atoms with E-state index >= 15 is 0 Å². The molecule has 3 aromatic rings. The summed E-state index contributed by atoms with van der Waals surface area (Å²) in [5, 5.41) is 7.76. The number of fused-ring (bicyclic) bond motifs is 3. The molecule has 5 rings (SSSR count). The van der Waals surface area contributed by atoms with Crippen molar-refractivity contribution in [2.75, 3.05) is 5.32 Å². The van der Waals surface area contributed by atoms with E-state index in [0.29, 0.717) is 24.4 Å². The number of anilines is 1. The van der Waals surface area contributed by atoms with E-state index in [9.17, 15) is 4.79 Å². The summed E-state index contributed by atoms with van der Waals surface area (Å²) < 4.78 is 1.17. The van der Waals surface area contributed by atoms with Gasteiger partial charge in [-0.1, -0.05) is 24.3 Å². The van der Waals surface area contributed by atoms with Crippen LogP contribution in [0.5, 0.6) is 0 Å². The van der Waals surface area contributed by atoms with Crippen molar-refractivity contribution in [1.82, 2.24) is 10.3 Å². The van der Waals surface area contributed by atoms with Gasteiger partial charge < -0.3 is 10.6 Å². The Morgan fingerprint density at radius 2 is 1.81 bits per heavy atom. The zero-order chi connectivity index (χ0) is 18.2. The quantitative estimate of drug-likeness (QED) is 0.685. The molecule has 2 saturated heterocycles. The minimum absolute atomic E-state index is 0.120. The van der Waals surface area contributed by atoms with Gasteiger partial charge in [-0.15, -0.1) is 11.3 Å². The highest BCUT2D eigenvalue weighted by Gasteiger charge is 2.34. The summed E-state index contributed by atoms with van der Waals surface area (Å²) in [7, 11) is 0. The Morgan fingerprint density at radius 3 is 2.63 bits per heavy atom. The van der Waals surface area contributed by atoms with E-state index in [1.807, 2.05) is 42.5 Å². The lowest BCUT2D eigenvalue weighted by atomic mass is 9.89. The topological polar surface area (TPSA) is 54.0 Å². The maximum absolute atomic E-state index is 12.7. The van der Waals surface area contributed by atoms with Crippen LogP contribution in [0.15, 0.2) is 48.5 Å². The molecule has 2 fully saturated rings. The van der Waals surface area contributed by atoms with Crippen molar-refractivity contribution in [3.05, 3.63) is 48.5 Å². The lowest BCUT2D eigenvalue weighted by molar-refractivity contribution is -0.117. The molecule has 4 nitrogen and oxygen atoms in total. The second-order valence-corrected chi connectivity index (χ2v) is 8.79. The minimum Gasteiger partial charge on any atom is -0.325 e. The highest BCUT2D eigenvalue weighted by Crippen LogP contribution is 2.36. The summed E-state index contributed by atoms with van der Waals surface area (Å²) in [4.78, 5) is 17.5. The van der Waals surface area contributed by atoms with Crippen LogP contribution in [-0.4, -0.2) is 23.0 Å². The van der Waals surface area contributed by atoms with Gasteiger partial charge in [0.25, 0.3) is 0 Å². The van der Waals surface area contributed by atoms with Crippen LogP contribution in [0.3, 0.4) is 0 Å². The monoisotopic (exact) mass is 377 g/mol. The molecule has 27 heavy (non-hydrogen) atoms. The molecule has 2 bridgehead atoms. The third-order valence-electron chi connectivity index (χ3n) is 5.77. The number of hydrogen-bond acceptors (Lipinski definition) is 4. The molecule has 2 aromatic carbocycles. The molecule has 2 aliphatic rings. The molecular formula is C22H23N3OS. The lowest BCUT2D eigenvalue weighted by Crippen LogP contribution is -2.39. The van der Waals surface area contributed by atoms with Crippen LogP contribution in [0.2, 0.25) is 0 Å². The molecule has 2 unspecified atom stereocenters. The van der Waals surface area contributed by atoms with Crippen LogP contribution in [-0.2, 0) is 4.79 Å². The van der Waals surface area contributed by atoms with Crippen LogP contribution in [0.25, 0.3) is 20.8 Å². The Balaban J connectivity index is 1.34. The van der Waals surface area contributed by atoms with E-state index in [-0.39, 0.29) is 5.91 Å². The van der Waals surface area contributed by atoms with Crippen LogP contribution >= 0.6 is 11.3 Å². The Bertz CT molecular complexity index is 937. The predicted octanol–water partition coefficient (Wildman–Crippen LogP) is 4.82. The van der Waals surface area contributed by atoms with Crippen molar-refractivity contribution in [3.8, 4) is 10.6 Å². The zero-order valence-electron chi connectivity index (χ0n) is 15.2. The number of benzene rings is 2. The summed E-state index contributed by atoms with van der Waals surface area (Å²) in [6.07, 6.45) is 5.40. The molecule has 2 aliphatic heterocycles. The minimum atomic E-state index is 0.120. The van der Waals surface area contributed by atoms with Crippen LogP contribution in [0.4, 0.5) is 5.69 Å². The number of thiazole rings is 1. The number of piperidine rings is 1. The van der Waals surface area contributed by atoms with E-state index in [1.165, 1.54) is 17.5 Å². The van der Waals surface area contributed by atoms with Gasteiger partial charge in [0.2, 0.25) is 5.91 Å². The molecule has 5 heteroatoms. The van der Waals surface area contributed by atoms with Crippen molar-refractivity contribution in [3.63, 3.8) is 0 Å². The Kier molecular flexibility index (Phi) is 4.42. The van der Waals surface area contributed by atoms with Gasteiger partial charge in [-0.2, -0.15) is 0 Å². The molecule has 2 atom stereocenters. The standard InChI is InChI=1S/C22H23N3OS/c26-21(13-14-11-15-9-10-16(12-14)23-15)24-18-6-2-1-5-17(18)22-25-19-7-3-4-8-20(19)27-22/h1-8,14-16,23H,9-13H2,(H,24,26). The Hall–Kier alpha value is -2.24. The maximum Gasteiger partial charge on any atom is 0.224 e. The molecule has 138 valence electrons. The Labute approximate surface area is 163 Å².